The van der Waals surface area contributed by atoms with E-state index in [1.807, 2.05) is 31.2 Å². The molecule has 0 N–H and O–H groups in total. The van der Waals surface area contributed by atoms with Crippen molar-refractivity contribution < 1.29 is 13.5 Å². The second-order valence-electron chi connectivity index (χ2n) is 4.80. The van der Waals surface area contributed by atoms with Crippen molar-refractivity contribution in [1.29, 1.82) is 5.26 Å². The Balaban J connectivity index is 1.95. The van der Waals surface area contributed by atoms with Gasteiger partial charge in [-0.3, -0.25) is 0 Å². The van der Waals surface area contributed by atoms with Crippen LogP contribution < -0.4 is 4.74 Å². The zero-order valence-corrected chi connectivity index (χ0v) is 11.6. The van der Waals surface area contributed by atoms with Crippen LogP contribution in [-0.4, -0.2) is 6.61 Å². The van der Waals surface area contributed by atoms with Gasteiger partial charge >= 0.3 is 0 Å². The summed E-state index contributed by atoms with van der Waals surface area (Å²) in [5, 5.41) is 9.21. The molecule has 0 aliphatic heterocycles. The van der Waals surface area contributed by atoms with E-state index in [1.54, 1.807) is 0 Å². The van der Waals surface area contributed by atoms with Crippen molar-refractivity contribution in [2.24, 2.45) is 0 Å². The van der Waals surface area contributed by atoms with Crippen molar-refractivity contribution in [2.45, 2.75) is 19.3 Å². The molecule has 2 rings (SSSR count). The van der Waals surface area contributed by atoms with Crippen LogP contribution in [-0.2, 0) is 0 Å². The molecule has 1 atom stereocenters. The Kier molecular flexibility index (Phi) is 4.89. The lowest BCUT2D eigenvalue weighted by Crippen LogP contribution is -2.05. The van der Waals surface area contributed by atoms with E-state index in [-0.39, 0.29) is 18.3 Å². The third-order valence-corrected chi connectivity index (χ3v) is 3.19. The SMILES string of the molecule is Cc1ccc(C(C#N)CCOc2ccc(F)cc2F)cc1. The van der Waals surface area contributed by atoms with Crippen molar-refractivity contribution in [2.75, 3.05) is 6.61 Å². The Labute approximate surface area is 122 Å². The molecule has 0 radical (unpaired) electrons. The number of halogens is 2. The highest BCUT2D eigenvalue weighted by Crippen LogP contribution is 2.22. The Hall–Kier alpha value is -2.41. The predicted octanol–water partition coefficient (Wildman–Crippen LogP) is 4.35. The summed E-state index contributed by atoms with van der Waals surface area (Å²) in [6.07, 6.45) is 0.441. The fraction of sp³-hybridized carbons (Fsp3) is 0.235. The van der Waals surface area contributed by atoms with Crippen LogP contribution in [0.15, 0.2) is 42.5 Å². The number of benzene rings is 2. The van der Waals surface area contributed by atoms with E-state index in [0.717, 1.165) is 23.3 Å². The van der Waals surface area contributed by atoms with Crippen LogP contribution in [0.3, 0.4) is 0 Å². The molecule has 0 aliphatic rings. The average molecular weight is 287 g/mol. The van der Waals surface area contributed by atoms with E-state index in [9.17, 15) is 14.0 Å². The highest BCUT2D eigenvalue weighted by molar-refractivity contribution is 5.28. The highest BCUT2D eigenvalue weighted by atomic mass is 19.1. The third-order valence-electron chi connectivity index (χ3n) is 3.19. The first-order valence-corrected chi connectivity index (χ1v) is 6.64. The minimum atomic E-state index is -0.737. The maximum absolute atomic E-state index is 13.4. The fourth-order valence-corrected chi connectivity index (χ4v) is 1.98. The molecule has 2 aromatic carbocycles. The maximum Gasteiger partial charge on any atom is 0.167 e. The van der Waals surface area contributed by atoms with Gasteiger partial charge in [-0.15, -0.1) is 0 Å². The quantitative estimate of drug-likeness (QED) is 0.819. The summed E-state index contributed by atoms with van der Waals surface area (Å²) in [4.78, 5) is 0. The molecule has 2 aromatic rings. The van der Waals surface area contributed by atoms with E-state index in [0.29, 0.717) is 6.42 Å². The molecule has 0 aromatic heterocycles. The summed E-state index contributed by atoms with van der Waals surface area (Å²) in [7, 11) is 0. The van der Waals surface area contributed by atoms with Crippen LogP contribution >= 0.6 is 0 Å². The predicted molar refractivity (Wildman–Crippen MR) is 76.0 cm³/mol. The van der Waals surface area contributed by atoms with Gasteiger partial charge in [-0.2, -0.15) is 5.26 Å². The van der Waals surface area contributed by atoms with Crippen molar-refractivity contribution in [1.82, 2.24) is 0 Å². The normalized spacial score (nSPS) is 11.7. The van der Waals surface area contributed by atoms with Gasteiger partial charge in [-0.05, 0) is 24.6 Å². The average Bonchev–Trinajstić information content (AvgIpc) is 2.47. The zero-order chi connectivity index (χ0) is 15.2. The number of nitrogens with zero attached hydrogens (tertiary/aromatic N) is 1. The lowest BCUT2D eigenvalue weighted by Gasteiger charge is -2.11. The van der Waals surface area contributed by atoms with E-state index in [4.69, 9.17) is 4.74 Å². The molecule has 0 saturated carbocycles. The molecule has 0 saturated heterocycles. The van der Waals surface area contributed by atoms with Gasteiger partial charge in [0.05, 0.1) is 18.6 Å². The molecular weight excluding hydrogens is 272 g/mol. The van der Waals surface area contributed by atoms with Crippen molar-refractivity contribution >= 4 is 0 Å². The molecule has 0 heterocycles. The van der Waals surface area contributed by atoms with Gasteiger partial charge in [0, 0.05) is 12.5 Å². The minimum Gasteiger partial charge on any atom is -0.490 e. The molecule has 108 valence electrons. The second-order valence-corrected chi connectivity index (χ2v) is 4.80. The largest absolute Gasteiger partial charge is 0.490 e. The molecule has 0 amide bonds. The smallest absolute Gasteiger partial charge is 0.167 e. The molecular formula is C17H15F2NO. The molecule has 0 aliphatic carbocycles. The van der Waals surface area contributed by atoms with Crippen LogP contribution in [0, 0.1) is 29.9 Å². The van der Waals surface area contributed by atoms with E-state index in [1.165, 1.54) is 6.07 Å². The minimum absolute atomic E-state index is 0.00278. The first kappa shape index (κ1) is 15.0. The molecule has 0 bridgehead atoms. The van der Waals surface area contributed by atoms with E-state index < -0.39 is 11.6 Å². The van der Waals surface area contributed by atoms with Gasteiger partial charge in [-0.25, -0.2) is 8.78 Å². The van der Waals surface area contributed by atoms with E-state index >= 15 is 0 Å². The van der Waals surface area contributed by atoms with Crippen LogP contribution in [0.4, 0.5) is 8.78 Å². The number of hydrogen-bond acceptors (Lipinski definition) is 2. The lowest BCUT2D eigenvalue weighted by atomic mass is 9.97. The van der Waals surface area contributed by atoms with Crippen LogP contribution in [0.5, 0.6) is 5.75 Å². The first-order chi connectivity index (χ1) is 10.1. The topological polar surface area (TPSA) is 33.0 Å². The Bertz CT molecular complexity index is 647. The molecule has 1 unspecified atom stereocenters. The van der Waals surface area contributed by atoms with Gasteiger partial charge in [0.1, 0.15) is 5.82 Å². The summed E-state index contributed by atoms with van der Waals surface area (Å²) in [5.74, 6) is -1.70. The maximum atomic E-state index is 13.4. The fourth-order valence-electron chi connectivity index (χ4n) is 1.98. The van der Waals surface area contributed by atoms with Crippen molar-refractivity contribution in [3.05, 3.63) is 65.2 Å². The molecule has 2 nitrogen and oxygen atoms in total. The summed E-state index contributed by atoms with van der Waals surface area (Å²) in [6, 6.07) is 13.1. The van der Waals surface area contributed by atoms with Crippen molar-refractivity contribution in [3.8, 4) is 11.8 Å². The summed E-state index contributed by atoms with van der Waals surface area (Å²) in [5.41, 5.74) is 2.03. The van der Waals surface area contributed by atoms with Crippen molar-refractivity contribution in [3.63, 3.8) is 0 Å². The molecule has 0 fully saturated rings. The number of ether oxygens (including phenoxy) is 1. The molecule has 4 heteroatoms. The Morgan fingerprint density at radius 3 is 2.48 bits per heavy atom. The van der Waals surface area contributed by atoms with Gasteiger partial charge in [0.15, 0.2) is 11.6 Å². The van der Waals surface area contributed by atoms with Crippen LogP contribution in [0.25, 0.3) is 0 Å². The zero-order valence-electron chi connectivity index (χ0n) is 11.6. The van der Waals surface area contributed by atoms with E-state index in [2.05, 4.69) is 6.07 Å². The lowest BCUT2D eigenvalue weighted by molar-refractivity contribution is 0.290. The van der Waals surface area contributed by atoms with Gasteiger partial charge in [-0.1, -0.05) is 29.8 Å². The summed E-state index contributed by atoms with van der Waals surface area (Å²) < 4.78 is 31.4. The molecule has 21 heavy (non-hydrogen) atoms. The van der Waals surface area contributed by atoms with Gasteiger partial charge in [0.2, 0.25) is 0 Å². The first-order valence-electron chi connectivity index (χ1n) is 6.64. The van der Waals surface area contributed by atoms with Gasteiger partial charge in [0.25, 0.3) is 0 Å². The highest BCUT2D eigenvalue weighted by Gasteiger charge is 2.11. The Morgan fingerprint density at radius 2 is 1.86 bits per heavy atom. The second kappa shape index (κ2) is 6.85. The number of aryl methyl sites for hydroxylation is 1. The number of hydrogen-bond donors (Lipinski definition) is 0. The Morgan fingerprint density at radius 1 is 1.14 bits per heavy atom. The summed E-state index contributed by atoms with van der Waals surface area (Å²) >= 11 is 0. The monoisotopic (exact) mass is 287 g/mol. The van der Waals surface area contributed by atoms with Crippen LogP contribution in [0.1, 0.15) is 23.5 Å². The molecule has 0 spiro atoms. The number of rotatable bonds is 5. The standard InChI is InChI=1S/C17H15F2NO/c1-12-2-4-13(5-3-12)14(11-20)8-9-21-17-7-6-15(18)10-16(17)19/h2-7,10,14H,8-9H2,1H3. The van der Waals surface area contributed by atoms with Gasteiger partial charge < -0.3 is 4.74 Å². The number of nitriles is 1. The summed E-state index contributed by atoms with van der Waals surface area (Å²) in [6.45, 7) is 2.17. The van der Waals surface area contributed by atoms with Crippen LogP contribution in [0.2, 0.25) is 0 Å². The third kappa shape index (κ3) is 4.03.